The van der Waals surface area contributed by atoms with Gasteiger partial charge >= 0.3 is 5.97 Å². The van der Waals surface area contributed by atoms with Gasteiger partial charge in [-0.05, 0) is 50.2 Å². The number of ether oxygens (including phenoxy) is 7. The zero-order valence-electron chi connectivity index (χ0n) is 43.6. The van der Waals surface area contributed by atoms with E-state index in [2.05, 4.69) is 25.9 Å². The highest BCUT2D eigenvalue weighted by Crippen LogP contribution is 2.42. The fraction of sp³-hybridized carbons (Fsp3) is 0.654. The van der Waals surface area contributed by atoms with Crippen LogP contribution >= 0.6 is 0 Å². The fourth-order valence-corrected chi connectivity index (χ4v) is 11.5. The molecule has 2 aromatic heterocycles. The molecule has 3 saturated heterocycles. The topological polar surface area (TPSA) is 354 Å². The lowest BCUT2D eigenvalue weighted by Crippen LogP contribution is -2.67. The van der Waals surface area contributed by atoms with E-state index in [0.29, 0.717) is 23.4 Å². The SMILES string of the molecule is CC(=O)NC1C(O[C@@H](CC2CCCCC2)C(=O)O)[C@@H](O)C(CO)O[C@H]1O[C@@H]1CC(CO[C@H]2OC(CO)[C@@H](O)C(n3cc(-c4cc(F)c(F)c(F)c4)nn3)C2O)CC(n2cc(-c3ccccc3)nn2)C1O[C@@H]1OC(C)[C@@H](O)C(O)C1O. The van der Waals surface area contributed by atoms with E-state index in [4.69, 9.17) is 33.2 Å². The Bertz CT molecular complexity index is 2670. The van der Waals surface area contributed by atoms with Crippen molar-refractivity contribution in [1.82, 2.24) is 35.3 Å². The van der Waals surface area contributed by atoms with E-state index in [1.54, 1.807) is 30.5 Å². The molecule has 0 bridgehead atoms. The maximum absolute atomic E-state index is 14.2. The minimum absolute atomic E-state index is 0.00928. The molecule has 2 aliphatic carbocycles. The van der Waals surface area contributed by atoms with Gasteiger partial charge in [-0.25, -0.2) is 27.3 Å². The Labute approximate surface area is 456 Å². The first-order valence-electron chi connectivity index (χ1n) is 26.7. The second kappa shape index (κ2) is 26.0. The molecule has 440 valence electrons. The van der Waals surface area contributed by atoms with Crippen molar-refractivity contribution >= 4 is 11.9 Å². The van der Waals surface area contributed by atoms with Crippen LogP contribution in [-0.2, 0) is 42.7 Å². The average molecular weight is 1140 g/mol. The van der Waals surface area contributed by atoms with Crippen LogP contribution in [0.25, 0.3) is 22.5 Å². The Kier molecular flexibility index (Phi) is 19.3. The highest BCUT2D eigenvalue weighted by molar-refractivity contribution is 5.73. The number of rotatable bonds is 19. The Morgan fingerprint density at radius 2 is 1.36 bits per heavy atom. The van der Waals surface area contributed by atoms with E-state index in [9.17, 15) is 68.7 Å². The lowest BCUT2D eigenvalue weighted by atomic mass is 9.81. The monoisotopic (exact) mass is 1140 g/mol. The molecule has 2 aromatic carbocycles. The number of aliphatic hydroxyl groups excluding tert-OH is 8. The van der Waals surface area contributed by atoms with E-state index in [1.165, 1.54) is 18.5 Å². The molecule has 20 atom stereocenters. The minimum Gasteiger partial charge on any atom is -0.479 e. The number of carbonyl (C=O) groups is 2. The first-order chi connectivity index (χ1) is 38.3. The molecule has 5 fully saturated rings. The van der Waals surface area contributed by atoms with Crippen molar-refractivity contribution < 1.29 is 102 Å². The van der Waals surface area contributed by atoms with E-state index in [-0.39, 0.29) is 43.0 Å². The predicted molar refractivity (Wildman–Crippen MR) is 264 cm³/mol. The summed E-state index contributed by atoms with van der Waals surface area (Å²) in [5.74, 6) is -7.42. The number of benzene rings is 2. The number of carboxylic acid groups (broad SMARTS) is 1. The first kappa shape index (κ1) is 59.5. The largest absolute Gasteiger partial charge is 0.479 e. The number of aliphatic carboxylic acids is 1. The van der Waals surface area contributed by atoms with Crippen LogP contribution in [0.2, 0.25) is 0 Å². The Balaban J connectivity index is 1.06. The molecular weight excluding hydrogens is 1070 g/mol. The number of carbonyl (C=O) groups excluding carboxylic acids is 1. The molecule has 0 spiro atoms. The lowest BCUT2D eigenvalue weighted by Gasteiger charge is -2.49. The molecule has 80 heavy (non-hydrogen) atoms. The summed E-state index contributed by atoms with van der Waals surface area (Å²) in [4.78, 5) is 26.0. The standard InChI is InChI=1S/C52H68F3N7O18/c1-23-41(66)45(70)46(71)52(75-23)80-47-33(61-18-31(57-59-61)27-11-7-4-8-12-27)13-26(22-74-51-44(69)40(42(67)36(20-63)79-51)62-19-32(58-60-62)28-16-29(53)38(55)30(54)17-28)15-34(47)77-50-39(56-24(2)65)48(43(68)37(21-64)78-50)76-35(49(72)73)14-25-9-5-3-6-10-25/h4,7-8,11-12,16-19,23,25-26,33-37,39-48,50-52,63-64,66-71H,3,5-6,9-10,13-15,20-22H2,1-2H3,(H,56,65)(H,72,73)/t23?,26?,33?,34-,35+,36?,37?,39?,40?,41-,42-,43+,44?,45?,46?,47?,48?,50-,51+,52+/m1/s1. The van der Waals surface area contributed by atoms with Gasteiger partial charge in [0.1, 0.15) is 84.5 Å². The van der Waals surface area contributed by atoms with Crippen molar-refractivity contribution in [2.75, 3.05) is 19.8 Å². The quantitative estimate of drug-likeness (QED) is 0.0563. The van der Waals surface area contributed by atoms with Crippen LogP contribution in [0.4, 0.5) is 13.2 Å². The molecule has 1 amide bonds. The first-order valence-corrected chi connectivity index (χ1v) is 26.7. The molecule has 4 aromatic rings. The Hall–Kier alpha value is -5.15. The number of nitrogens with zero attached hydrogens (tertiary/aromatic N) is 6. The lowest BCUT2D eigenvalue weighted by molar-refractivity contribution is -0.339. The van der Waals surface area contributed by atoms with Crippen LogP contribution < -0.4 is 5.32 Å². The third-order valence-corrected chi connectivity index (χ3v) is 15.7. The van der Waals surface area contributed by atoms with Crippen LogP contribution in [-0.4, -0.2) is 212 Å². The van der Waals surface area contributed by atoms with Gasteiger partial charge in [0.05, 0.1) is 50.5 Å². The third-order valence-electron chi connectivity index (χ3n) is 15.7. The zero-order valence-corrected chi connectivity index (χ0v) is 43.6. The molecular formula is C52H68F3N7O18. The highest BCUT2D eigenvalue weighted by atomic mass is 19.2. The van der Waals surface area contributed by atoms with Crippen molar-refractivity contribution in [2.24, 2.45) is 11.8 Å². The number of halogens is 3. The summed E-state index contributed by atoms with van der Waals surface area (Å²) in [7, 11) is 0. The van der Waals surface area contributed by atoms with Gasteiger partial charge in [-0.2, -0.15) is 0 Å². The number of hydrogen-bond donors (Lipinski definition) is 10. The average Bonchev–Trinajstić information content (AvgIpc) is 4.18. The Morgan fingerprint density at radius 3 is 2.02 bits per heavy atom. The van der Waals surface area contributed by atoms with Crippen LogP contribution in [0.15, 0.2) is 54.9 Å². The molecule has 10 N–H and O–H groups in total. The second-order valence-corrected chi connectivity index (χ2v) is 21.3. The molecule has 5 aliphatic rings. The van der Waals surface area contributed by atoms with Crippen LogP contribution in [0, 0.1) is 29.3 Å². The summed E-state index contributed by atoms with van der Waals surface area (Å²) in [6.07, 6.45) is -17.8. The number of amides is 1. The van der Waals surface area contributed by atoms with Crippen LogP contribution in [0.3, 0.4) is 0 Å². The normalized spacial score (nSPS) is 35.6. The van der Waals surface area contributed by atoms with Gasteiger partial charge in [-0.3, -0.25) is 4.79 Å². The van der Waals surface area contributed by atoms with Crippen molar-refractivity contribution in [2.45, 2.75) is 182 Å². The molecule has 2 saturated carbocycles. The summed E-state index contributed by atoms with van der Waals surface area (Å²) in [5, 5.41) is 119. The van der Waals surface area contributed by atoms with E-state index < -0.39 is 165 Å². The number of hydrogen-bond acceptors (Lipinski definition) is 21. The van der Waals surface area contributed by atoms with Gasteiger partial charge < -0.3 is 84.4 Å². The van der Waals surface area contributed by atoms with Crippen LogP contribution in [0.1, 0.15) is 77.3 Å². The van der Waals surface area contributed by atoms with Crippen LogP contribution in [0.5, 0.6) is 0 Å². The number of aromatic nitrogens is 6. The Morgan fingerprint density at radius 1 is 0.725 bits per heavy atom. The maximum atomic E-state index is 14.2. The molecule has 25 nitrogen and oxygen atoms in total. The van der Waals surface area contributed by atoms with Gasteiger partial charge in [0.2, 0.25) is 5.91 Å². The molecule has 9 rings (SSSR count). The van der Waals surface area contributed by atoms with Crippen molar-refractivity contribution in [3.05, 3.63) is 72.3 Å². The molecule has 28 heteroatoms. The van der Waals surface area contributed by atoms with E-state index >= 15 is 0 Å². The van der Waals surface area contributed by atoms with Gasteiger partial charge in [-0.1, -0.05) is 72.9 Å². The highest BCUT2D eigenvalue weighted by Gasteiger charge is 2.54. The van der Waals surface area contributed by atoms with Gasteiger partial charge in [0, 0.05) is 18.1 Å². The summed E-state index contributed by atoms with van der Waals surface area (Å²) >= 11 is 0. The smallest absolute Gasteiger partial charge is 0.332 e. The van der Waals surface area contributed by atoms with Gasteiger partial charge in [0.15, 0.2) is 42.4 Å². The fourth-order valence-electron chi connectivity index (χ4n) is 11.5. The summed E-state index contributed by atoms with van der Waals surface area (Å²) in [5.41, 5.74) is 0.694. The second-order valence-electron chi connectivity index (χ2n) is 21.3. The summed E-state index contributed by atoms with van der Waals surface area (Å²) in [6.45, 7) is 0.681. The zero-order chi connectivity index (χ0) is 57.1. The van der Waals surface area contributed by atoms with Crippen molar-refractivity contribution in [3.63, 3.8) is 0 Å². The minimum atomic E-state index is -1.84. The maximum Gasteiger partial charge on any atom is 0.332 e. The number of carboxylic acids is 1. The van der Waals surface area contributed by atoms with E-state index in [0.717, 1.165) is 43.0 Å². The van der Waals surface area contributed by atoms with Gasteiger partial charge in [-0.15, -0.1) is 10.2 Å². The molecule has 12 unspecified atom stereocenters. The number of nitrogens with one attached hydrogen (secondary N) is 1. The summed E-state index contributed by atoms with van der Waals surface area (Å²) < 4.78 is 88.9. The van der Waals surface area contributed by atoms with Crippen molar-refractivity contribution in [3.8, 4) is 22.5 Å². The van der Waals surface area contributed by atoms with E-state index in [1.807, 2.05) is 6.07 Å². The molecule has 5 heterocycles. The predicted octanol–water partition coefficient (Wildman–Crippen LogP) is 0.258. The third kappa shape index (κ3) is 13.0. The van der Waals surface area contributed by atoms with Gasteiger partial charge in [0.25, 0.3) is 0 Å². The number of aliphatic hydroxyl groups is 8. The molecule has 0 radical (unpaired) electrons. The van der Waals surface area contributed by atoms with Crippen molar-refractivity contribution in [1.29, 1.82) is 0 Å². The molecule has 3 aliphatic heterocycles. The summed E-state index contributed by atoms with van der Waals surface area (Å²) in [6, 6.07) is 6.41.